The Labute approximate surface area is 113 Å². The molecule has 1 aromatic rings. The van der Waals surface area contributed by atoms with E-state index in [9.17, 15) is 0 Å². The van der Waals surface area contributed by atoms with Crippen molar-refractivity contribution in [3.05, 3.63) is 35.5 Å². The van der Waals surface area contributed by atoms with E-state index in [1.807, 2.05) is 18.2 Å². The van der Waals surface area contributed by atoms with Crippen molar-refractivity contribution < 1.29 is 0 Å². The molecule has 1 heterocycles. The van der Waals surface area contributed by atoms with Gasteiger partial charge in [0.25, 0.3) is 0 Å². The highest BCUT2D eigenvalue weighted by Gasteiger charge is 2.33. The molecule has 1 aliphatic rings. The normalized spacial score (nSPS) is 15.1. The molecule has 0 aliphatic carbocycles. The van der Waals surface area contributed by atoms with E-state index in [0.29, 0.717) is 0 Å². The largest absolute Gasteiger partial charge is 0.373 e. The van der Waals surface area contributed by atoms with Gasteiger partial charge in [-0.2, -0.15) is 10.5 Å². The van der Waals surface area contributed by atoms with E-state index in [1.165, 1.54) is 17.5 Å². The number of hydrogen-bond acceptors (Lipinski definition) is 4. The molecule has 0 atom stereocenters. The van der Waals surface area contributed by atoms with Gasteiger partial charge in [0.1, 0.15) is 17.7 Å². The van der Waals surface area contributed by atoms with Gasteiger partial charge < -0.3 is 10.2 Å². The Morgan fingerprint density at radius 2 is 2.05 bits per heavy atom. The number of hydrogen-bond donors (Lipinski definition) is 1. The quantitative estimate of drug-likeness (QED) is 0.822. The van der Waals surface area contributed by atoms with E-state index < -0.39 is 0 Å². The molecule has 0 amide bonds. The van der Waals surface area contributed by atoms with Gasteiger partial charge in [-0.1, -0.05) is 13.8 Å². The molecule has 4 nitrogen and oxygen atoms in total. The van der Waals surface area contributed by atoms with Gasteiger partial charge in [-0.25, -0.2) is 0 Å². The van der Waals surface area contributed by atoms with E-state index >= 15 is 0 Å². The van der Waals surface area contributed by atoms with Crippen LogP contribution in [0, 0.1) is 22.7 Å². The van der Waals surface area contributed by atoms with E-state index in [4.69, 9.17) is 10.5 Å². The average Bonchev–Trinajstić information content (AvgIpc) is 2.61. The van der Waals surface area contributed by atoms with Gasteiger partial charge in [0.05, 0.1) is 0 Å². The molecule has 0 spiro atoms. The van der Waals surface area contributed by atoms with Crippen molar-refractivity contribution in [3.8, 4) is 12.1 Å². The molecule has 0 aromatic heterocycles. The van der Waals surface area contributed by atoms with Crippen molar-refractivity contribution in [2.24, 2.45) is 0 Å². The summed E-state index contributed by atoms with van der Waals surface area (Å²) in [6, 6.07) is 9.76. The zero-order valence-electron chi connectivity index (χ0n) is 11.4. The predicted molar refractivity (Wildman–Crippen MR) is 75.7 cm³/mol. The molecular formula is C15H16N4. The molecule has 0 fully saturated rings. The number of anilines is 2. The molecule has 2 rings (SSSR count). The maximum absolute atomic E-state index is 8.69. The Kier molecular flexibility index (Phi) is 3.19. The monoisotopic (exact) mass is 252 g/mol. The summed E-state index contributed by atoms with van der Waals surface area (Å²) < 4.78 is 0. The number of allylic oxidation sites excluding steroid dienone is 1. The molecule has 1 N–H and O–H groups in total. The zero-order valence-corrected chi connectivity index (χ0v) is 11.4. The van der Waals surface area contributed by atoms with Gasteiger partial charge >= 0.3 is 0 Å². The first-order valence-electron chi connectivity index (χ1n) is 6.10. The summed E-state index contributed by atoms with van der Waals surface area (Å²) in [4.78, 5) is 2.24. The number of rotatable bonds is 2. The van der Waals surface area contributed by atoms with Crippen LogP contribution in [-0.4, -0.2) is 13.6 Å². The first-order valence-corrected chi connectivity index (χ1v) is 6.10. The minimum atomic E-state index is 0.0666. The molecule has 4 heteroatoms. The van der Waals surface area contributed by atoms with E-state index in [0.717, 1.165) is 12.2 Å². The zero-order chi connectivity index (χ0) is 14.0. The Morgan fingerprint density at radius 3 is 2.68 bits per heavy atom. The van der Waals surface area contributed by atoms with Gasteiger partial charge in [-0.05, 0) is 23.8 Å². The molecule has 96 valence electrons. The van der Waals surface area contributed by atoms with Crippen molar-refractivity contribution in [3.63, 3.8) is 0 Å². The van der Waals surface area contributed by atoms with Crippen LogP contribution in [0.25, 0.3) is 0 Å². The Balaban J connectivity index is 2.31. The standard InChI is InChI=1S/C15H16N4/c1-15(2)10-19(3)14-5-4-12(6-13(14)15)18-9-11(7-16)8-17/h4-6,9,18H,10H2,1-3H3. The van der Waals surface area contributed by atoms with Gasteiger partial charge in [0.15, 0.2) is 0 Å². The lowest BCUT2D eigenvalue weighted by molar-refractivity contribution is 0.563. The van der Waals surface area contributed by atoms with E-state index in [1.54, 1.807) is 0 Å². The van der Waals surface area contributed by atoms with Crippen molar-refractivity contribution in [2.45, 2.75) is 19.3 Å². The highest BCUT2D eigenvalue weighted by molar-refractivity contribution is 5.67. The van der Waals surface area contributed by atoms with Crippen LogP contribution in [0.5, 0.6) is 0 Å². The summed E-state index contributed by atoms with van der Waals surface area (Å²) in [6.45, 7) is 5.42. The van der Waals surface area contributed by atoms with Crippen LogP contribution >= 0.6 is 0 Å². The number of nitrogens with one attached hydrogen (secondary N) is 1. The van der Waals surface area contributed by atoms with Crippen LogP contribution in [0.1, 0.15) is 19.4 Å². The maximum atomic E-state index is 8.69. The molecule has 0 unspecified atom stereocenters. The Morgan fingerprint density at radius 1 is 1.37 bits per heavy atom. The van der Waals surface area contributed by atoms with Crippen LogP contribution in [0.2, 0.25) is 0 Å². The van der Waals surface area contributed by atoms with E-state index in [2.05, 4.69) is 43.2 Å². The topological polar surface area (TPSA) is 62.9 Å². The molecule has 19 heavy (non-hydrogen) atoms. The van der Waals surface area contributed by atoms with Gasteiger partial charge in [-0.15, -0.1) is 0 Å². The fourth-order valence-corrected chi connectivity index (χ4v) is 2.51. The molecular weight excluding hydrogens is 236 g/mol. The highest BCUT2D eigenvalue weighted by atomic mass is 15.1. The third-order valence-electron chi connectivity index (χ3n) is 3.39. The lowest BCUT2D eigenvalue weighted by Crippen LogP contribution is -2.24. The summed E-state index contributed by atoms with van der Waals surface area (Å²) >= 11 is 0. The highest BCUT2D eigenvalue weighted by Crippen LogP contribution is 2.40. The minimum absolute atomic E-state index is 0.0666. The lowest BCUT2D eigenvalue weighted by Gasteiger charge is -2.18. The predicted octanol–water partition coefficient (Wildman–Crippen LogP) is 2.76. The third kappa shape index (κ3) is 2.39. The number of fused-ring (bicyclic) bond motifs is 1. The molecule has 0 radical (unpaired) electrons. The van der Waals surface area contributed by atoms with Gasteiger partial charge in [0, 0.05) is 36.6 Å². The minimum Gasteiger partial charge on any atom is -0.373 e. The maximum Gasteiger partial charge on any atom is 0.145 e. The number of nitriles is 2. The first kappa shape index (κ1) is 13.0. The summed E-state index contributed by atoms with van der Waals surface area (Å²) in [6.07, 6.45) is 1.44. The van der Waals surface area contributed by atoms with Crippen LogP contribution < -0.4 is 10.2 Å². The van der Waals surface area contributed by atoms with Crippen LogP contribution in [0.3, 0.4) is 0 Å². The molecule has 1 aliphatic heterocycles. The van der Waals surface area contributed by atoms with Crippen molar-refractivity contribution in [1.29, 1.82) is 10.5 Å². The summed E-state index contributed by atoms with van der Waals surface area (Å²) in [7, 11) is 2.09. The van der Waals surface area contributed by atoms with Crippen LogP contribution in [0.15, 0.2) is 30.0 Å². The number of nitrogens with zero attached hydrogens (tertiary/aromatic N) is 3. The van der Waals surface area contributed by atoms with Crippen molar-refractivity contribution >= 4 is 11.4 Å². The van der Waals surface area contributed by atoms with Crippen LogP contribution in [0.4, 0.5) is 11.4 Å². The molecule has 0 bridgehead atoms. The molecule has 0 saturated heterocycles. The van der Waals surface area contributed by atoms with Crippen LogP contribution in [-0.2, 0) is 5.41 Å². The van der Waals surface area contributed by atoms with Crippen molar-refractivity contribution in [2.75, 3.05) is 23.8 Å². The third-order valence-corrected chi connectivity index (χ3v) is 3.39. The molecule has 0 saturated carbocycles. The second-order valence-corrected chi connectivity index (χ2v) is 5.40. The second-order valence-electron chi connectivity index (χ2n) is 5.40. The Hall–Kier alpha value is -2.46. The molecule has 1 aromatic carbocycles. The van der Waals surface area contributed by atoms with Crippen molar-refractivity contribution in [1.82, 2.24) is 0 Å². The number of likely N-dealkylation sites (N-methyl/N-ethyl adjacent to an activating group) is 1. The fourth-order valence-electron chi connectivity index (χ4n) is 2.51. The SMILES string of the molecule is CN1CC(C)(C)c2cc(NC=C(C#N)C#N)ccc21. The summed E-state index contributed by atoms with van der Waals surface area (Å²) in [5, 5.41) is 20.4. The lowest BCUT2D eigenvalue weighted by atomic mass is 9.87. The fraction of sp³-hybridized carbons (Fsp3) is 0.333. The second kappa shape index (κ2) is 4.66. The van der Waals surface area contributed by atoms with E-state index in [-0.39, 0.29) is 11.0 Å². The number of benzene rings is 1. The first-order chi connectivity index (χ1) is 8.97. The van der Waals surface area contributed by atoms with Gasteiger partial charge in [-0.3, -0.25) is 0 Å². The average molecular weight is 252 g/mol. The summed E-state index contributed by atoms with van der Waals surface area (Å²) in [5.74, 6) is 0. The van der Waals surface area contributed by atoms with Gasteiger partial charge in [0.2, 0.25) is 0 Å². The summed E-state index contributed by atoms with van der Waals surface area (Å²) in [5.41, 5.74) is 3.59. The smallest absolute Gasteiger partial charge is 0.145 e. The Bertz CT molecular complexity index is 598.